The molecular weight excluding hydrogens is 350 g/mol. The van der Waals surface area contributed by atoms with E-state index in [2.05, 4.69) is 65.0 Å². The molecule has 28 heavy (non-hydrogen) atoms. The molecule has 0 saturated heterocycles. The number of carboxylic acid groups (broad SMARTS) is 1. The lowest BCUT2D eigenvalue weighted by molar-refractivity contribution is 0.0698. The first-order chi connectivity index (χ1) is 13.6. The molecule has 0 fully saturated rings. The highest BCUT2D eigenvalue weighted by molar-refractivity contribution is 5.93. The average Bonchev–Trinajstić information content (AvgIpc) is 2.72. The molecule has 0 bridgehead atoms. The van der Waals surface area contributed by atoms with Gasteiger partial charge in [-0.2, -0.15) is 0 Å². The predicted molar refractivity (Wildman–Crippen MR) is 111 cm³/mol. The highest BCUT2D eigenvalue weighted by Gasteiger charge is 2.21. The fourth-order valence-electron chi connectivity index (χ4n) is 3.83. The molecule has 0 unspecified atom stereocenters. The van der Waals surface area contributed by atoms with Gasteiger partial charge in [0.15, 0.2) is 0 Å². The Morgan fingerprint density at radius 2 is 2.11 bits per heavy atom. The number of hydrogen-bond donors (Lipinski definition) is 3. The van der Waals surface area contributed by atoms with Crippen LogP contribution in [-0.2, 0) is 6.42 Å². The highest BCUT2D eigenvalue weighted by atomic mass is 16.4. The molecule has 0 spiro atoms. The lowest BCUT2D eigenvalue weighted by Gasteiger charge is -2.28. The summed E-state index contributed by atoms with van der Waals surface area (Å²) in [5, 5.41) is 16.1. The van der Waals surface area contributed by atoms with Crippen molar-refractivity contribution in [2.24, 2.45) is 0 Å². The van der Waals surface area contributed by atoms with Crippen molar-refractivity contribution in [2.75, 3.05) is 18.4 Å². The summed E-state index contributed by atoms with van der Waals surface area (Å²) < 4.78 is 0. The maximum atomic E-state index is 11.4. The van der Waals surface area contributed by atoms with Crippen LogP contribution in [0.3, 0.4) is 0 Å². The Hall–Kier alpha value is -3.18. The fraction of sp³-hybridized carbons (Fsp3) is 0.217. The number of benzene rings is 2. The van der Waals surface area contributed by atoms with Crippen LogP contribution in [0.4, 0.5) is 5.69 Å². The number of rotatable bonds is 5. The number of aromatic nitrogens is 1. The number of carboxylic acids is 1. The van der Waals surface area contributed by atoms with E-state index >= 15 is 0 Å². The summed E-state index contributed by atoms with van der Waals surface area (Å²) in [5.74, 6) is -0.954. The van der Waals surface area contributed by atoms with Crippen LogP contribution < -0.4 is 10.6 Å². The first-order valence-corrected chi connectivity index (χ1v) is 9.47. The Morgan fingerprint density at radius 3 is 2.93 bits per heavy atom. The average molecular weight is 373 g/mol. The highest BCUT2D eigenvalue weighted by Crippen LogP contribution is 2.30. The summed E-state index contributed by atoms with van der Waals surface area (Å²) in [6, 6.07) is 16.7. The van der Waals surface area contributed by atoms with Crippen LogP contribution in [-0.4, -0.2) is 29.1 Å². The van der Waals surface area contributed by atoms with Gasteiger partial charge in [-0.05, 0) is 53.8 Å². The van der Waals surface area contributed by atoms with Crippen LogP contribution in [0.5, 0.6) is 0 Å². The van der Waals surface area contributed by atoms with Crippen LogP contribution in [0.15, 0.2) is 60.9 Å². The summed E-state index contributed by atoms with van der Waals surface area (Å²) in [7, 11) is 0. The number of hydrogen-bond acceptors (Lipinski definition) is 4. The van der Waals surface area contributed by atoms with Gasteiger partial charge in [0.25, 0.3) is 0 Å². The molecule has 2 heterocycles. The molecule has 2 aromatic carbocycles. The fourth-order valence-corrected chi connectivity index (χ4v) is 3.83. The second-order valence-corrected chi connectivity index (χ2v) is 7.09. The van der Waals surface area contributed by atoms with Crippen LogP contribution in [0.2, 0.25) is 0 Å². The SMILES string of the molecule is Cc1ccccc1-c1ccc2c(c1)CCN[C@@H]2CNc1cnccc1C(=O)O. The van der Waals surface area contributed by atoms with Gasteiger partial charge in [-0.25, -0.2) is 4.79 Å². The van der Waals surface area contributed by atoms with Gasteiger partial charge in [-0.3, -0.25) is 4.98 Å². The van der Waals surface area contributed by atoms with E-state index in [1.807, 2.05) is 0 Å². The first kappa shape index (κ1) is 18.2. The van der Waals surface area contributed by atoms with E-state index in [4.69, 9.17) is 0 Å². The van der Waals surface area contributed by atoms with Crippen LogP contribution >= 0.6 is 0 Å². The second-order valence-electron chi connectivity index (χ2n) is 7.09. The molecule has 5 heteroatoms. The van der Waals surface area contributed by atoms with Gasteiger partial charge in [-0.1, -0.05) is 42.5 Å². The molecule has 142 valence electrons. The van der Waals surface area contributed by atoms with Gasteiger partial charge in [-0.15, -0.1) is 0 Å². The normalized spacial score (nSPS) is 15.7. The minimum absolute atomic E-state index is 0.122. The smallest absolute Gasteiger partial charge is 0.337 e. The van der Waals surface area contributed by atoms with E-state index in [0.29, 0.717) is 12.2 Å². The number of aryl methyl sites for hydroxylation is 1. The van der Waals surface area contributed by atoms with Crippen molar-refractivity contribution in [1.29, 1.82) is 0 Å². The molecule has 3 aromatic rings. The van der Waals surface area contributed by atoms with E-state index < -0.39 is 5.97 Å². The van der Waals surface area contributed by atoms with E-state index in [1.54, 1.807) is 6.20 Å². The molecular formula is C23H23N3O2. The molecule has 0 amide bonds. The Labute approximate surface area is 164 Å². The maximum Gasteiger partial charge on any atom is 0.337 e. The van der Waals surface area contributed by atoms with Gasteiger partial charge in [0.2, 0.25) is 0 Å². The summed E-state index contributed by atoms with van der Waals surface area (Å²) in [5.41, 5.74) is 7.16. The predicted octanol–water partition coefficient (Wildman–Crippen LogP) is 4.05. The van der Waals surface area contributed by atoms with Crippen molar-refractivity contribution in [3.63, 3.8) is 0 Å². The van der Waals surface area contributed by atoms with E-state index in [1.165, 1.54) is 40.1 Å². The number of anilines is 1. The van der Waals surface area contributed by atoms with Crippen molar-refractivity contribution >= 4 is 11.7 Å². The van der Waals surface area contributed by atoms with Crippen molar-refractivity contribution in [2.45, 2.75) is 19.4 Å². The molecule has 1 atom stereocenters. The van der Waals surface area contributed by atoms with E-state index in [9.17, 15) is 9.90 Å². The largest absolute Gasteiger partial charge is 0.478 e. The van der Waals surface area contributed by atoms with Crippen molar-refractivity contribution in [1.82, 2.24) is 10.3 Å². The monoisotopic (exact) mass is 373 g/mol. The number of aromatic carboxylic acids is 1. The number of fused-ring (bicyclic) bond motifs is 1. The third-order valence-electron chi connectivity index (χ3n) is 5.31. The third kappa shape index (κ3) is 3.62. The summed E-state index contributed by atoms with van der Waals surface area (Å²) in [4.78, 5) is 15.4. The molecule has 0 saturated carbocycles. The van der Waals surface area contributed by atoms with Gasteiger partial charge >= 0.3 is 5.97 Å². The first-order valence-electron chi connectivity index (χ1n) is 9.47. The Balaban J connectivity index is 1.57. The summed E-state index contributed by atoms with van der Waals surface area (Å²) in [6.07, 6.45) is 4.04. The van der Waals surface area contributed by atoms with Gasteiger partial charge in [0.1, 0.15) is 0 Å². The van der Waals surface area contributed by atoms with E-state index in [-0.39, 0.29) is 11.6 Å². The van der Waals surface area contributed by atoms with Gasteiger partial charge in [0.05, 0.1) is 17.4 Å². The van der Waals surface area contributed by atoms with Gasteiger partial charge < -0.3 is 15.7 Å². The molecule has 3 N–H and O–H groups in total. The van der Waals surface area contributed by atoms with Crippen LogP contribution in [0, 0.1) is 6.92 Å². The minimum atomic E-state index is -0.954. The zero-order valence-corrected chi connectivity index (χ0v) is 15.8. The molecule has 1 aliphatic rings. The maximum absolute atomic E-state index is 11.4. The number of pyridine rings is 1. The molecule has 5 nitrogen and oxygen atoms in total. The number of carbonyl (C=O) groups is 1. The molecule has 1 aliphatic heterocycles. The molecule has 0 radical (unpaired) electrons. The van der Waals surface area contributed by atoms with Crippen molar-refractivity contribution in [3.05, 3.63) is 83.2 Å². The van der Waals surface area contributed by atoms with Crippen LogP contribution in [0.1, 0.15) is 33.1 Å². The summed E-state index contributed by atoms with van der Waals surface area (Å²) >= 11 is 0. The topological polar surface area (TPSA) is 74.2 Å². The molecule has 1 aromatic heterocycles. The quantitative estimate of drug-likeness (QED) is 0.629. The zero-order valence-electron chi connectivity index (χ0n) is 15.8. The van der Waals surface area contributed by atoms with Crippen molar-refractivity contribution < 1.29 is 9.90 Å². The van der Waals surface area contributed by atoms with Gasteiger partial charge in [0, 0.05) is 18.8 Å². The third-order valence-corrected chi connectivity index (χ3v) is 5.31. The Kier molecular flexibility index (Phi) is 5.08. The minimum Gasteiger partial charge on any atom is -0.478 e. The number of nitrogens with one attached hydrogen (secondary N) is 2. The lowest BCUT2D eigenvalue weighted by atomic mass is 9.90. The van der Waals surface area contributed by atoms with E-state index in [0.717, 1.165) is 13.0 Å². The lowest BCUT2D eigenvalue weighted by Crippen LogP contribution is -2.34. The summed E-state index contributed by atoms with van der Waals surface area (Å²) in [6.45, 7) is 3.63. The van der Waals surface area contributed by atoms with Crippen molar-refractivity contribution in [3.8, 4) is 11.1 Å². The van der Waals surface area contributed by atoms with Crippen LogP contribution in [0.25, 0.3) is 11.1 Å². The second kappa shape index (κ2) is 7.82. The zero-order chi connectivity index (χ0) is 19.5. The number of nitrogens with zero attached hydrogens (tertiary/aromatic N) is 1. The Morgan fingerprint density at radius 1 is 1.25 bits per heavy atom. The molecule has 0 aliphatic carbocycles. The Bertz CT molecular complexity index is 1020. The molecule has 4 rings (SSSR count). The standard InChI is InChI=1S/C23H23N3O2/c1-15-4-2-3-5-18(15)16-6-7-19-17(12-16)8-11-25-22(19)14-26-21-13-24-10-9-20(21)23(27)28/h2-7,9-10,12-13,22,25-26H,8,11,14H2,1H3,(H,27,28)/t22-/m1/s1.